The molecule has 0 bridgehead atoms. The maximum absolute atomic E-state index is 8.69. The second kappa shape index (κ2) is 4.07. The van der Waals surface area contributed by atoms with E-state index in [-0.39, 0.29) is 0 Å². The van der Waals surface area contributed by atoms with E-state index in [2.05, 4.69) is 9.97 Å². The molecule has 0 aliphatic rings. The molecule has 72 valence electrons. The van der Waals surface area contributed by atoms with Crippen molar-refractivity contribution >= 4 is 11.6 Å². The lowest BCUT2D eigenvalue weighted by molar-refractivity contribution is 1.17. The first-order valence-electron chi connectivity index (χ1n) is 4.26. The van der Waals surface area contributed by atoms with Gasteiger partial charge in [-0.2, -0.15) is 5.26 Å². The largest absolute Gasteiger partial charge is 0.244 e. The summed E-state index contributed by atoms with van der Waals surface area (Å²) in [5, 5.41) is 9.22. The zero-order valence-corrected chi connectivity index (χ0v) is 8.44. The Kier molecular flexibility index (Phi) is 2.61. The molecular weight excluding hydrogens is 210 g/mol. The topological polar surface area (TPSA) is 49.6 Å². The van der Waals surface area contributed by atoms with Crippen LogP contribution >= 0.6 is 11.6 Å². The van der Waals surface area contributed by atoms with Crippen molar-refractivity contribution in [3.63, 3.8) is 0 Å². The number of hydrogen-bond acceptors (Lipinski definition) is 3. The van der Waals surface area contributed by atoms with Gasteiger partial charge in [0.2, 0.25) is 0 Å². The van der Waals surface area contributed by atoms with Crippen LogP contribution in [0.3, 0.4) is 0 Å². The number of hydrogen-bond donors (Lipinski definition) is 0. The van der Waals surface area contributed by atoms with Crippen LogP contribution in [-0.2, 0) is 0 Å². The summed E-state index contributed by atoms with van der Waals surface area (Å²) >= 11 is 6.04. The van der Waals surface area contributed by atoms with E-state index in [1.807, 2.05) is 6.07 Å². The van der Waals surface area contributed by atoms with Crippen LogP contribution in [0.4, 0.5) is 0 Å². The maximum Gasteiger partial charge on any atom is 0.115 e. The third kappa shape index (κ3) is 1.95. The normalized spacial score (nSPS) is 9.60. The zero-order valence-electron chi connectivity index (χ0n) is 7.68. The molecule has 0 radical (unpaired) electrons. The first-order chi connectivity index (χ1) is 7.31. The highest BCUT2D eigenvalue weighted by Crippen LogP contribution is 2.27. The maximum atomic E-state index is 8.69. The van der Waals surface area contributed by atoms with E-state index in [0.717, 1.165) is 11.1 Å². The van der Waals surface area contributed by atoms with Gasteiger partial charge in [0.25, 0.3) is 0 Å². The highest BCUT2D eigenvalue weighted by atomic mass is 35.5. The fourth-order valence-electron chi connectivity index (χ4n) is 1.26. The molecule has 0 aliphatic heterocycles. The highest BCUT2D eigenvalue weighted by Gasteiger charge is 2.04. The van der Waals surface area contributed by atoms with E-state index in [1.165, 1.54) is 6.33 Å². The monoisotopic (exact) mass is 215 g/mol. The predicted molar refractivity (Wildman–Crippen MR) is 57.2 cm³/mol. The molecule has 1 aromatic heterocycles. The lowest BCUT2D eigenvalue weighted by Crippen LogP contribution is -1.84. The second-order valence-electron chi connectivity index (χ2n) is 2.93. The summed E-state index contributed by atoms with van der Waals surface area (Å²) in [6.45, 7) is 0. The number of aromatic nitrogens is 2. The summed E-state index contributed by atoms with van der Waals surface area (Å²) < 4.78 is 0. The van der Waals surface area contributed by atoms with Crippen molar-refractivity contribution in [1.82, 2.24) is 9.97 Å². The van der Waals surface area contributed by atoms with Crippen LogP contribution in [0.1, 0.15) is 5.56 Å². The summed E-state index contributed by atoms with van der Waals surface area (Å²) in [5.74, 6) is 0. The van der Waals surface area contributed by atoms with Crippen molar-refractivity contribution in [3.8, 4) is 17.2 Å². The molecule has 0 amide bonds. The molecule has 4 heteroatoms. The van der Waals surface area contributed by atoms with Crippen LogP contribution in [0.25, 0.3) is 11.1 Å². The molecule has 0 atom stereocenters. The van der Waals surface area contributed by atoms with E-state index >= 15 is 0 Å². The van der Waals surface area contributed by atoms with Crippen molar-refractivity contribution in [3.05, 3.63) is 47.5 Å². The Morgan fingerprint density at radius 2 is 1.93 bits per heavy atom. The minimum atomic E-state index is 0.531. The van der Waals surface area contributed by atoms with E-state index < -0.39 is 0 Å². The van der Waals surface area contributed by atoms with E-state index in [1.54, 1.807) is 30.6 Å². The molecular formula is C11H6ClN3. The van der Waals surface area contributed by atoms with Crippen LogP contribution < -0.4 is 0 Å². The van der Waals surface area contributed by atoms with Crippen molar-refractivity contribution < 1.29 is 0 Å². The number of nitrogens with zero attached hydrogens (tertiary/aromatic N) is 3. The third-order valence-corrected chi connectivity index (χ3v) is 2.28. The molecule has 2 aromatic rings. The van der Waals surface area contributed by atoms with Crippen LogP contribution in [0.15, 0.2) is 36.9 Å². The van der Waals surface area contributed by atoms with Crippen molar-refractivity contribution in [1.29, 1.82) is 5.26 Å². The molecule has 1 heterocycles. The van der Waals surface area contributed by atoms with Gasteiger partial charge in [-0.25, -0.2) is 9.97 Å². The highest BCUT2D eigenvalue weighted by molar-refractivity contribution is 6.33. The SMILES string of the molecule is N#Cc1ccc(-c2cncnc2)c(Cl)c1. The Bertz CT molecular complexity index is 517. The molecule has 3 nitrogen and oxygen atoms in total. The average molecular weight is 216 g/mol. The van der Waals surface area contributed by atoms with Crippen LogP contribution in [0.2, 0.25) is 5.02 Å². The quantitative estimate of drug-likeness (QED) is 0.735. The number of rotatable bonds is 1. The van der Waals surface area contributed by atoms with E-state index in [4.69, 9.17) is 16.9 Å². The van der Waals surface area contributed by atoms with Gasteiger partial charge in [-0.3, -0.25) is 0 Å². The number of halogens is 1. The van der Waals surface area contributed by atoms with E-state index in [0.29, 0.717) is 10.6 Å². The number of benzene rings is 1. The van der Waals surface area contributed by atoms with Crippen LogP contribution in [0.5, 0.6) is 0 Å². The molecule has 0 saturated heterocycles. The first-order valence-corrected chi connectivity index (χ1v) is 4.64. The van der Waals surface area contributed by atoms with Gasteiger partial charge in [0, 0.05) is 28.5 Å². The van der Waals surface area contributed by atoms with E-state index in [9.17, 15) is 0 Å². The van der Waals surface area contributed by atoms with Crippen LogP contribution in [0, 0.1) is 11.3 Å². The second-order valence-corrected chi connectivity index (χ2v) is 3.34. The molecule has 0 aliphatic carbocycles. The van der Waals surface area contributed by atoms with Gasteiger partial charge in [-0.1, -0.05) is 17.7 Å². The third-order valence-electron chi connectivity index (χ3n) is 1.97. The van der Waals surface area contributed by atoms with Crippen molar-refractivity contribution in [2.45, 2.75) is 0 Å². The average Bonchev–Trinajstić information content (AvgIpc) is 2.30. The molecule has 0 N–H and O–H groups in total. The summed E-state index contributed by atoms with van der Waals surface area (Å²) in [4.78, 5) is 7.82. The van der Waals surface area contributed by atoms with Gasteiger partial charge < -0.3 is 0 Å². The number of nitriles is 1. The smallest absolute Gasteiger partial charge is 0.115 e. The fourth-order valence-corrected chi connectivity index (χ4v) is 1.55. The molecule has 0 unspecified atom stereocenters. The molecule has 2 rings (SSSR count). The minimum Gasteiger partial charge on any atom is -0.244 e. The minimum absolute atomic E-state index is 0.531. The molecule has 0 saturated carbocycles. The van der Waals surface area contributed by atoms with Gasteiger partial charge >= 0.3 is 0 Å². The Balaban J connectivity index is 2.52. The lowest BCUT2D eigenvalue weighted by Gasteiger charge is -2.02. The molecule has 0 fully saturated rings. The van der Waals surface area contributed by atoms with Crippen molar-refractivity contribution in [2.75, 3.05) is 0 Å². The standard InChI is InChI=1S/C11H6ClN3/c12-11-3-8(4-13)1-2-10(11)9-5-14-7-15-6-9/h1-3,5-7H. The summed E-state index contributed by atoms with van der Waals surface area (Å²) in [6.07, 6.45) is 4.82. The molecule has 0 spiro atoms. The van der Waals surface area contributed by atoms with Gasteiger partial charge in [0.05, 0.1) is 11.6 Å². The fraction of sp³-hybridized carbons (Fsp3) is 0. The zero-order chi connectivity index (χ0) is 10.7. The first kappa shape index (κ1) is 9.63. The Labute approximate surface area is 92.0 Å². The Morgan fingerprint density at radius 3 is 2.53 bits per heavy atom. The van der Waals surface area contributed by atoms with Crippen LogP contribution in [-0.4, -0.2) is 9.97 Å². The van der Waals surface area contributed by atoms with Gasteiger partial charge in [-0.15, -0.1) is 0 Å². The molecule has 1 aromatic carbocycles. The summed E-state index contributed by atoms with van der Waals surface area (Å²) in [5.41, 5.74) is 2.21. The molecule has 15 heavy (non-hydrogen) atoms. The Hall–Kier alpha value is -1.92. The predicted octanol–water partition coefficient (Wildman–Crippen LogP) is 2.67. The van der Waals surface area contributed by atoms with Gasteiger partial charge in [-0.05, 0) is 12.1 Å². The van der Waals surface area contributed by atoms with Crippen molar-refractivity contribution in [2.24, 2.45) is 0 Å². The van der Waals surface area contributed by atoms with Gasteiger partial charge in [0.15, 0.2) is 0 Å². The van der Waals surface area contributed by atoms with Gasteiger partial charge in [0.1, 0.15) is 6.33 Å². The Morgan fingerprint density at radius 1 is 1.20 bits per heavy atom. The summed E-state index contributed by atoms with van der Waals surface area (Å²) in [6, 6.07) is 7.17. The lowest BCUT2D eigenvalue weighted by atomic mass is 10.1. The summed E-state index contributed by atoms with van der Waals surface area (Å²) in [7, 11) is 0.